The zero-order valence-electron chi connectivity index (χ0n) is 37.4. The summed E-state index contributed by atoms with van der Waals surface area (Å²) in [6.07, 6.45) is 7.20. The van der Waals surface area contributed by atoms with E-state index >= 15 is 0 Å². The van der Waals surface area contributed by atoms with Crippen molar-refractivity contribution in [2.45, 2.75) is 24.2 Å². The lowest BCUT2D eigenvalue weighted by molar-refractivity contribution is 0.393. The van der Waals surface area contributed by atoms with Crippen molar-refractivity contribution in [3.8, 4) is 22.3 Å². The van der Waals surface area contributed by atoms with Crippen molar-refractivity contribution in [1.29, 1.82) is 0 Å². The molecular weight excluding hydrogens is 809 g/mol. The summed E-state index contributed by atoms with van der Waals surface area (Å²) in [5, 5.41) is 2.56. The SMILES string of the molecule is C1=CC(C2(c3ccc(N(c4ccccc4)c4ccccc4)cc3)c3ccccc3-c3cc4ccccc4cc32)CCC1c1ccc(N(c2ccccc2)c2ccc(-c3ccccc3)cc2)cc1. The Balaban J connectivity index is 0.918. The minimum absolute atomic E-state index is 0.240. The molecule has 0 aliphatic heterocycles. The second-order valence-corrected chi connectivity index (χ2v) is 18.0. The molecule has 2 nitrogen and oxygen atoms in total. The molecule has 0 aromatic heterocycles. The van der Waals surface area contributed by atoms with Crippen LogP contribution in [-0.2, 0) is 5.41 Å². The summed E-state index contributed by atoms with van der Waals surface area (Å²) in [5.74, 6) is 0.558. The fourth-order valence-corrected chi connectivity index (χ4v) is 11.2. The van der Waals surface area contributed by atoms with Gasteiger partial charge in [-0.1, -0.05) is 182 Å². The lowest BCUT2D eigenvalue weighted by atomic mass is 9.60. The highest BCUT2D eigenvalue weighted by molar-refractivity contribution is 5.95. The van der Waals surface area contributed by atoms with E-state index in [9.17, 15) is 0 Å². The monoisotopic (exact) mass is 858 g/mol. The summed E-state index contributed by atoms with van der Waals surface area (Å²) in [5.41, 5.74) is 17.0. The maximum atomic E-state index is 2.57. The lowest BCUT2D eigenvalue weighted by Gasteiger charge is -2.42. The molecule has 320 valence electrons. The number of hydrogen-bond acceptors (Lipinski definition) is 2. The molecule has 0 spiro atoms. The number of benzene rings is 10. The molecule has 0 saturated heterocycles. The quantitative estimate of drug-likeness (QED) is 0.126. The van der Waals surface area contributed by atoms with Crippen LogP contribution in [0.15, 0.2) is 267 Å². The largest absolute Gasteiger partial charge is 0.311 e. The van der Waals surface area contributed by atoms with Gasteiger partial charge in [0, 0.05) is 40.0 Å². The standard InChI is InChI=1S/C65H50N2/c1-5-17-47(18-6-1)49-31-39-58(40-32-49)67(57-25-11-4-12-26-57)59-41-33-50(34-42-59)48-29-35-53(36-30-48)65(63-28-16-15-27-61(63)62-45-51-19-13-14-20-52(51)46-64(62)65)54-37-43-60(44-38-54)66(55-21-7-2-8-22-55)56-23-9-3-10-24-56/h1-29,31-35,37-46,48,53H,30,36H2. The molecule has 0 radical (unpaired) electrons. The molecule has 2 aliphatic rings. The third-order valence-corrected chi connectivity index (χ3v) is 14.3. The van der Waals surface area contributed by atoms with Gasteiger partial charge in [0.15, 0.2) is 0 Å². The number of nitrogens with zero attached hydrogens (tertiary/aromatic N) is 2. The Morgan fingerprint density at radius 3 is 1.33 bits per heavy atom. The number of anilines is 6. The van der Waals surface area contributed by atoms with Crippen molar-refractivity contribution in [3.05, 3.63) is 289 Å². The van der Waals surface area contributed by atoms with Crippen LogP contribution in [-0.4, -0.2) is 0 Å². The summed E-state index contributed by atoms with van der Waals surface area (Å²) >= 11 is 0. The molecule has 10 aromatic carbocycles. The molecule has 0 fully saturated rings. The molecule has 0 N–H and O–H groups in total. The molecule has 2 aliphatic carbocycles. The smallest absolute Gasteiger partial charge is 0.0526 e. The van der Waals surface area contributed by atoms with Crippen LogP contribution >= 0.6 is 0 Å². The maximum Gasteiger partial charge on any atom is 0.0526 e. The minimum Gasteiger partial charge on any atom is -0.311 e. The summed E-state index contributed by atoms with van der Waals surface area (Å²) in [6, 6.07) is 93.5. The van der Waals surface area contributed by atoms with Crippen LogP contribution in [0.1, 0.15) is 41.0 Å². The van der Waals surface area contributed by atoms with Gasteiger partial charge in [-0.3, -0.25) is 0 Å². The Morgan fingerprint density at radius 1 is 0.328 bits per heavy atom. The van der Waals surface area contributed by atoms with E-state index in [1.54, 1.807) is 0 Å². The summed E-state index contributed by atoms with van der Waals surface area (Å²) < 4.78 is 0. The van der Waals surface area contributed by atoms with Crippen LogP contribution < -0.4 is 9.80 Å². The number of allylic oxidation sites excluding steroid dienone is 2. The molecule has 3 unspecified atom stereocenters. The molecule has 67 heavy (non-hydrogen) atoms. The van der Waals surface area contributed by atoms with Gasteiger partial charge in [-0.25, -0.2) is 0 Å². The third kappa shape index (κ3) is 7.23. The normalized spacial score (nSPS) is 17.1. The second kappa shape index (κ2) is 17.3. The van der Waals surface area contributed by atoms with Crippen molar-refractivity contribution >= 4 is 44.9 Å². The fourth-order valence-electron chi connectivity index (χ4n) is 11.2. The highest BCUT2D eigenvalue weighted by Gasteiger charge is 2.50. The first-order chi connectivity index (χ1) is 33.2. The van der Waals surface area contributed by atoms with Crippen molar-refractivity contribution in [2.75, 3.05) is 9.80 Å². The number of hydrogen-bond donors (Lipinski definition) is 0. The summed E-state index contributed by atoms with van der Waals surface area (Å²) in [7, 11) is 0. The van der Waals surface area contributed by atoms with Gasteiger partial charge in [0.05, 0.1) is 5.41 Å². The van der Waals surface area contributed by atoms with E-state index in [4.69, 9.17) is 0 Å². The van der Waals surface area contributed by atoms with Gasteiger partial charge < -0.3 is 9.80 Å². The maximum absolute atomic E-state index is 2.57. The van der Waals surface area contributed by atoms with Crippen molar-refractivity contribution in [3.63, 3.8) is 0 Å². The first-order valence-electron chi connectivity index (χ1n) is 23.7. The Morgan fingerprint density at radius 2 is 0.776 bits per heavy atom. The van der Waals surface area contributed by atoms with Gasteiger partial charge in [-0.2, -0.15) is 0 Å². The van der Waals surface area contributed by atoms with E-state index < -0.39 is 0 Å². The number of fused-ring (bicyclic) bond motifs is 4. The molecule has 0 bridgehead atoms. The molecule has 3 atom stereocenters. The van der Waals surface area contributed by atoms with Gasteiger partial charge in [-0.05, 0) is 159 Å². The van der Waals surface area contributed by atoms with Crippen LogP contribution in [0.2, 0.25) is 0 Å². The molecule has 10 aromatic rings. The summed E-state index contributed by atoms with van der Waals surface area (Å²) in [4.78, 5) is 4.72. The van der Waals surface area contributed by atoms with Gasteiger partial charge in [0.25, 0.3) is 0 Å². The van der Waals surface area contributed by atoms with Crippen LogP contribution in [0.25, 0.3) is 33.0 Å². The molecule has 12 rings (SSSR count). The zero-order chi connectivity index (χ0) is 44.6. The number of para-hydroxylation sites is 3. The van der Waals surface area contributed by atoms with Crippen LogP contribution in [0, 0.1) is 5.92 Å². The van der Waals surface area contributed by atoms with E-state index in [1.807, 2.05) is 0 Å². The molecule has 2 heteroatoms. The Kier molecular flexibility index (Phi) is 10.4. The highest BCUT2D eigenvalue weighted by atomic mass is 15.1. The Hall–Kier alpha value is -8.20. The van der Waals surface area contributed by atoms with Gasteiger partial charge in [0.1, 0.15) is 0 Å². The topological polar surface area (TPSA) is 6.48 Å². The second-order valence-electron chi connectivity index (χ2n) is 18.0. The minimum atomic E-state index is -0.379. The van der Waals surface area contributed by atoms with Crippen molar-refractivity contribution in [2.24, 2.45) is 5.92 Å². The predicted octanol–water partition coefficient (Wildman–Crippen LogP) is 17.5. The van der Waals surface area contributed by atoms with Gasteiger partial charge in [-0.15, -0.1) is 0 Å². The van der Waals surface area contributed by atoms with Crippen LogP contribution in [0.3, 0.4) is 0 Å². The number of rotatable bonds is 10. The van der Waals surface area contributed by atoms with Gasteiger partial charge in [0.2, 0.25) is 0 Å². The average molecular weight is 859 g/mol. The van der Waals surface area contributed by atoms with Crippen molar-refractivity contribution in [1.82, 2.24) is 0 Å². The first kappa shape index (κ1) is 40.3. The third-order valence-electron chi connectivity index (χ3n) is 14.3. The summed E-state index contributed by atoms with van der Waals surface area (Å²) in [6.45, 7) is 0. The highest BCUT2D eigenvalue weighted by Crippen LogP contribution is 2.59. The van der Waals surface area contributed by atoms with E-state index in [0.717, 1.165) is 47.0 Å². The fraction of sp³-hybridized carbons (Fsp3) is 0.0769. The molecule has 0 saturated carbocycles. The average Bonchev–Trinajstić information content (AvgIpc) is 3.69. The van der Waals surface area contributed by atoms with E-state index in [2.05, 4.69) is 277 Å². The van der Waals surface area contributed by atoms with E-state index in [1.165, 1.54) is 55.3 Å². The Labute approximate surface area is 394 Å². The zero-order valence-corrected chi connectivity index (χ0v) is 37.4. The molecule has 0 heterocycles. The van der Waals surface area contributed by atoms with Crippen LogP contribution in [0.4, 0.5) is 34.1 Å². The molecule has 0 amide bonds. The van der Waals surface area contributed by atoms with Gasteiger partial charge >= 0.3 is 0 Å². The first-order valence-corrected chi connectivity index (χ1v) is 23.7. The molecular formula is C65H50N2. The van der Waals surface area contributed by atoms with E-state index in [0.29, 0.717) is 5.92 Å². The predicted molar refractivity (Wildman–Crippen MR) is 282 cm³/mol. The van der Waals surface area contributed by atoms with Crippen molar-refractivity contribution < 1.29 is 0 Å². The lowest BCUT2D eigenvalue weighted by Crippen LogP contribution is -2.36. The van der Waals surface area contributed by atoms with Crippen LogP contribution in [0.5, 0.6) is 0 Å². The Bertz CT molecular complexity index is 3290. The van der Waals surface area contributed by atoms with E-state index in [-0.39, 0.29) is 11.3 Å².